The molecule has 1 aliphatic carbocycles. The van der Waals surface area contributed by atoms with Gasteiger partial charge in [-0.15, -0.1) is 0 Å². The Balaban J connectivity index is 1.28. The van der Waals surface area contributed by atoms with Crippen LogP contribution in [0.3, 0.4) is 0 Å². The average Bonchev–Trinajstić information content (AvgIpc) is 3.38. The zero-order chi connectivity index (χ0) is 31.1. The van der Waals surface area contributed by atoms with E-state index in [-0.39, 0.29) is 0 Å². The molecule has 1 unspecified atom stereocenters. The zero-order valence-corrected chi connectivity index (χ0v) is 26.2. The second-order valence-corrected chi connectivity index (χ2v) is 13.1. The first-order chi connectivity index (χ1) is 23.2. The fraction of sp³-hybridized carbons (Fsp3) is 0.0909. The van der Waals surface area contributed by atoms with E-state index >= 15 is 0 Å². The van der Waals surface area contributed by atoms with Crippen molar-refractivity contribution in [1.29, 1.82) is 0 Å². The average molecular weight is 601 g/mol. The van der Waals surface area contributed by atoms with E-state index < -0.39 is 0 Å². The van der Waals surface area contributed by atoms with Crippen LogP contribution in [0.4, 0.5) is 11.4 Å². The number of hydrogen-bond donors (Lipinski definition) is 1. The van der Waals surface area contributed by atoms with E-state index in [9.17, 15) is 0 Å². The van der Waals surface area contributed by atoms with Gasteiger partial charge in [-0.1, -0.05) is 114 Å². The number of nitrogens with one attached hydrogen (secondary N) is 1. The summed E-state index contributed by atoms with van der Waals surface area (Å²) in [5, 5.41) is 8.74. The third-order valence-corrected chi connectivity index (χ3v) is 10.5. The Kier molecular flexibility index (Phi) is 5.81. The standard InChI is InChI=1S/C44H31BNO/c1-26-11-2-8-19-38(26)46-39-25-41-35(31-16-7-9-20-40(31)47-41)24-34(39)36-23-28-13-4-6-15-30(28)43-33-22-21-27-12-3-5-14-29(27)32-17-10-18-37(42(32)33)45-44(36)43/h2-20,23-25,33,46H,21-22H2,1H3. The van der Waals surface area contributed by atoms with Crippen LogP contribution in [0, 0.1) is 6.92 Å². The molecule has 0 fully saturated rings. The smallest absolute Gasteiger partial charge is 0.193 e. The molecule has 2 heterocycles. The lowest BCUT2D eigenvalue weighted by Gasteiger charge is -2.32. The Morgan fingerprint density at radius 3 is 2.32 bits per heavy atom. The van der Waals surface area contributed by atoms with Gasteiger partial charge in [0.25, 0.3) is 0 Å². The van der Waals surface area contributed by atoms with Gasteiger partial charge >= 0.3 is 0 Å². The topological polar surface area (TPSA) is 25.2 Å². The molecular weight excluding hydrogens is 569 g/mol. The van der Waals surface area contributed by atoms with Crippen molar-refractivity contribution in [3.05, 3.63) is 156 Å². The molecule has 221 valence electrons. The van der Waals surface area contributed by atoms with E-state index in [0.29, 0.717) is 5.92 Å². The summed E-state index contributed by atoms with van der Waals surface area (Å²) in [6.45, 7) is 2.16. The van der Waals surface area contributed by atoms with E-state index in [0.717, 1.165) is 46.2 Å². The highest BCUT2D eigenvalue weighted by Gasteiger charge is 2.34. The minimum absolute atomic E-state index is 0.296. The number of furan rings is 1. The van der Waals surface area contributed by atoms with Gasteiger partial charge in [0, 0.05) is 34.0 Å². The number of para-hydroxylation sites is 2. The maximum absolute atomic E-state index is 6.43. The summed E-state index contributed by atoms with van der Waals surface area (Å²) in [5.74, 6) is 0.296. The molecule has 3 heteroatoms. The largest absolute Gasteiger partial charge is 0.456 e. The molecule has 8 aromatic rings. The van der Waals surface area contributed by atoms with Gasteiger partial charge < -0.3 is 9.73 Å². The second kappa shape index (κ2) is 10.2. The number of rotatable bonds is 3. The monoisotopic (exact) mass is 600 g/mol. The maximum atomic E-state index is 6.43. The van der Waals surface area contributed by atoms with E-state index in [4.69, 9.17) is 4.42 Å². The highest BCUT2D eigenvalue weighted by molar-refractivity contribution is 6.71. The molecule has 1 radical (unpaired) electrons. The van der Waals surface area contributed by atoms with E-state index in [2.05, 4.69) is 147 Å². The summed E-state index contributed by atoms with van der Waals surface area (Å²) in [6.07, 6.45) is 2.13. The summed E-state index contributed by atoms with van der Waals surface area (Å²) in [4.78, 5) is 0. The molecule has 0 saturated carbocycles. The lowest BCUT2D eigenvalue weighted by Crippen LogP contribution is -2.41. The normalized spacial score (nSPS) is 14.7. The van der Waals surface area contributed by atoms with Gasteiger partial charge in [-0.3, -0.25) is 0 Å². The van der Waals surface area contributed by atoms with Crippen molar-refractivity contribution in [1.82, 2.24) is 0 Å². The van der Waals surface area contributed by atoms with Crippen molar-refractivity contribution < 1.29 is 4.42 Å². The van der Waals surface area contributed by atoms with Crippen LogP contribution in [-0.4, -0.2) is 7.28 Å². The summed E-state index contributed by atoms with van der Waals surface area (Å²) >= 11 is 0. The second-order valence-electron chi connectivity index (χ2n) is 13.1. The first-order valence-corrected chi connectivity index (χ1v) is 16.6. The Morgan fingerprint density at radius 2 is 1.38 bits per heavy atom. The first kappa shape index (κ1) is 26.7. The highest BCUT2D eigenvalue weighted by atomic mass is 16.3. The van der Waals surface area contributed by atoms with Crippen LogP contribution in [0.15, 0.2) is 138 Å². The third kappa shape index (κ3) is 4.06. The summed E-state index contributed by atoms with van der Waals surface area (Å²) in [5.41, 5.74) is 17.4. The molecular formula is C44H31BNO. The Hall–Kier alpha value is -5.54. The molecule has 2 nitrogen and oxygen atoms in total. The van der Waals surface area contributed by atoms with Crippen molar-refractivity contribution in [3.63, 3.8) is 0 Å². The van der Waals surface area contributed by atoms with Crippen molar-refractivity contribution in [2.24, 2.45) is 0 Å². The molecule has 0 amide bonds. The minimum atomic E-state index is 0.296. The number of benzene rings is 7. The molecule has 1 aromatic heterocycles. The van der Waals surface area contributed by atoms with Crippen LogP contribution in [0.5, 0.6) is 0 Å². The Labute approximate surface area is 274 Å². The van der Waals surface area contributed by atoms with Crippen LogP contribution in [0.2, 0.25) is 0 Å². The van der Waals surface area contributed by atoms with Crippen LogP contribution in [-0.2, 0) is 6.42 Å². The fourth-order valence-corrected chi connectivity index (χ4v) is 8.32. The van der Waals surface area contributed by atoms with Crippen molar-refractivity contribution in [3.8, 4) is 22.3 Å². The molecule has 1 N–H and O–H groups in total. The fourth-order valence-electron chi connectivity index (χ4n) is 8.32. The van der Waals surface area contributed by atoms with Crippen molar-refractivity contribution in [2.45, 2.75) is 25.7 Å². The van der Waals surface area contributed by atoms with Gasteiger partial charge in [-0.05, 0) is 93.7 Å². The van der Waals surface area contributed by atoms with Gasteiger partial charge in [0.1, 0.15) is 11.2 Å². The van der Waals surface area contributed by atoms with Gasteiger partial charge in [-0.25, -0.2) is 0 Å². The number of aryl methyl sites for hydroxylation is 2. The molecule has 10 rings (SSSR count). The quantitative estimate of drug-likeness (QED) is 0.204. The first-order valence-electron chi connectivity index (χ1n) is 16.6. The van der Waals surface area contributed by atoms with E-state index in [1.165, 1.54) is 66.2 Å². The van der Waals surface area contributed by atoms with E-state index in [1.807, 2.05) is 6.07 Å². The zero-order valence-electron chi connectivity index (χ0n) is 26.2. The Morgan fingerprint density at radius 1 is 0.596 bits per heavy atom. The molecule has 2 aliphatic rings. The molecule has 7 aromatic carbocycles. The van der Waals surface area contributed by atoms with Gasteiger partial charge in [0.15, 0.2) is 7.28 Å². The van der Waals surface area contributed by atoms with Crippen LogP contribution >= 0.6 is 0 Å². The SMILES string of the molecule is Cc1ccccc1Nc1cc2oc3ccccc3c2cc1-c1cc2ccccc2c2c1[B]c1cccc3c1C2CCc1ccccc1-3. The summed E-state index contributed by atoms with van der Waals surface area (Å²) in [6, 6.07) is 48.7. The van der Waals surface area contributed by atoms with Crippen molar-refractivity contribution in [2.75, 3.05) is 5.32 Å². The lowest BCUT2D eigenvalue weighted by atomic mass is 9.51. The molecule has 47 heavy (non-hydrogen) atoms. The maximum Gasteiger partial charge on any atom is 0.193 e. The lowest BCUT2D eigenvalue weighted by molar-refractivity contribution is 0.669. The third-order valence-electron chi connectivity index (χ3n) is 10.5. The van der Waals surface area contributed by atoms with Crippen LogP contribution < -0.4 is 16.2 Å². The minimum Gasteiger partial charge on any atom is -0.456 e. The summed E-state index contributed by atoms with van der Waals surface area (Å²) < 4.78 is 6.43. The summed E-state index contributed by atoms with van der Waals surface area (Å²) in [7, 11) is 2.47. The number of anilines is 2. The molecule has 0 saturated heterocycles. The molecule has 1 atom stereocenters. The van der Waals surface area contributed by atoms with Gasteiger partial charge in [0.05, 0.1) is 5.69 Å². The van der Waals surface area contributed by atoms with Gasteiger partial charge in [-0.2, -0.15) is 0 Å². The number of fused-ring (bicyclic) bond motifs is 9. The van der Waals surface area contributed by atoms with Crippen LogP contribution in [0.1, 0.15) is 34.6 Å². The Bertz CT molecular complexity index is 2560. The number of hydrogen-bond acceptors (Lipinski definition) is 2. The predicted octanol–water partition coefficient (Wildman–Crippen LogP) is 10.2. The molecule has 1 aliphatic heterocycles. The molecule has 0 bridgehead atoms. The molecule has 0 spiro atoms. The van der Waals surface area contributed by atoms with Gasteiger partial charge in [0.2, 0.25) is 0 Å². The van der Waals surface area contributed by atoms with Crippen LogP contribution in [0.25, 0.3) is 55.0 Å². The highest BCUT2D eigenvalue weighted by Crippen LogP contribution is 2.46. The van der Waals surface area contributed by atoms with Crippen molar-refractivity contribution >= 4 is 62.3 Å². The predicted molar refractivity (Wildman–Crippen MR) is 198 cm³/mol. The van der Waals surface area contributed by atoms with E-state index in [1.54, 1.807) is 0 Å².